The molecular weight excluding hydrogens is 146 g/mol. The standard InChI is InChI=1S/C11H19N/c1-5-8-9-11(4)12(7-3)10-6-2/h5,8-9H,1,4,6-7,10H2,2-3H3/b9-8-. The summed E-state index contributed by atoms with van der Waals surface area (Å²) >= 11 is 0. The van der Waals surface area contributed by atoms with Gasteiger partial charge in [-0.15, -0.1) is 0 Å². The summed E-state index contributed by atoms with van der Waals surface area (Å²) in [6.07, 6.45) is 6.84. The van der Waals surface area contributed by atoms with Crippen LogP contribution in [0.15, 0.2) is 37.1 Å². The fourth-order valence-electron chi connectivity index (χ4n) is 1.06. The van der Waals surface area contributed by atoms with Gasteiger partial charge in [-0.1, -0.05) is 32.2 Å². The van der Waals surface area contributed by atoms with E-state index in [4.69, 9.17) is 0 Å². The molecule has 68 valence electrons. The van der Waals surface area contributed by atoms with Crippen molar-refractivity contribution >= 4 is 0 Å². The zero-order valence-corrected chi connectivity index (χ0v) is 8.21. The van der Waals surface area contributed by atoms with Crippen LogP contribution in [0, 0.1) is 0 Å². The van der Waals surface area contributed by atoms with Gasteiger partial charge in [-0.2, -0.15) is 0 Å². The van der Waals surface area contributed by atoms with Gasteiger partial charge in [0.2, 0.25) is 0 Å². The molecule has 0 atom stereocenters. The second-order valence-corrected chi connectivity index (χ2v) is 2.67. The van der Waals surface area contributed by atoms with Gasteiger partial charge in [-0.05, 0) is 19.4 Å². The molecule has 0 aliphatic carbocycles. The van der Waals surface area contributed by atoms with E-state index in [1.807, 2.05) is 12.2 Å². The van der Waals surface area contributed by atoms with Crippen LogP contribution in [0.2, 0.25) is 0 Å². The van der Waals surface area contributed by atoms with E-state index in [0.29, 0.717) is 0 Å². The monoisotopic (exact) mass is 165 g/mol. The van der Waals surface area contributed by atoms with Crippen LogP contribution >= 0.6 is 0 Å². The Kier molecular flexibility index (Phi) is 6.16. The summed E-state index contributed by atoms with van der Waals surface area (Å²) in [6.45, 7) is 14.0. The molecule has 1 nitrogen and oxygen atoms in total. The third-order valence-corrected chi connectivity index (χ3v) is 1.71. The lowest BCUT2D eigenvalue weighted by Gasteiger charge is -2.22. The molecule has 0 N–H and O–H groups in total. The quantitative estimate of drug-likeness (QED) is 0.547. The van der Waals surface area contributed by atoms with E-state index in [-0.39, 0.29) is 0 Å². The Balaban J connectivity index is 4.01. The van der Waals surface area contributed by atoms with Crippen molar-refractivity contribution in [1.29, 1.82) is 0 Å². The van der Waals surface area contributed by atoms with Crippen LogP contribution in [0.1, 0.15) is 20.3 Å². The van der Waals surface area contributed by atoms with E-state index >= 15 is 0 Å². The third kappa shape index (κ3) is 4.02. The summed E-state index contributed by atoms with van der Waals surface area (Å²) in [5.74, 6) is 0. The van der Waals surface area contributed by atoms with Crippen molar-refractivity contribution in [3.63, 3.8) is 0 Å². The van der Waals surface area contributed by atoms with Gasteiger partial charge in [0.05, 0.1) is 0 Å². The van der Waals surface area contributed by atoms with Crippen LogP contribution in [0.3, 0.4) is 0 Å². The molecule has 0 aliphatic heterocycles. The summed E-state index contributed by atoms with van der Waals surface area (Å²) < 4.78 is 0. The van der Waals surface area contributed by atoms with E-state index < -0.39 is 0 Å². The van der Waals surface area contributed by atoms with E-state index in [2.05, 4.69) is 31.9 Å². The number of rotatable bonds is 6. The van der Waals surface area contributed by atoms with E-state index in [9.17, 15) is 0 Å². The normalized spacial score (nSPS) is 10.2. The minimum Gasteiger partial charge on any atom is -0.372 e. The Morgan fingerprint density at radius 2 is 2.08 bits per heavy atom. The second-order valence-electron chi connectivity index (χ2n) is 2.67. The van der Waals surface area contributed by atoms with Crippen molar-refractivity contribution < 1.29 is 0 Å². The topological polar surface area (TPSA) is 3.24 Å². The molecule has 0 unspecified atom stereocenters. The summed E-state index contributed by atoms with van der Waals surface area (Å²) in [5.41, 5.74) is 1.07. The predicted octanol–water partition coefficient (Wildman–Crippen LogP) is 2.97. The van der Waals surface area contributed by atoms with Crippen molar-refractivity contribution in [2.45, 2.75) is 20.3 Å². The van der Waals surface area contributed by atoms with Crippen LogP contribution in [-0.4, -0.2) is 18.0 Å². The van der Waals surface area contributed by atoms with Gasteiger partial charge >= 0.3 is 0 Å². The highest BCUT2D eigenvalue weighted by atomic mass is 15.1. The first kappa shape index (κ1) is 11.0. The van der Waals surface area contributed by atoms with E-state index in [0.717, 1.165) is 25.2 Å². The Labute approximate surface area is 76.1 Å². The zero-order chi connectivity index (χ0) is 9.40. The maximum Gasteiger partial charge on any atom is 0.0293 e. The predicted molar refractivity (Wildman–Crippen MR) is 56.0 cm³/mol. The molecule has 0 fully saturated rings. The molecule has 0 radical (unpaired) electrons. The fourth-order valence-corrected chi connectivity index (χ4v) is 1.06. The number of nitrogens with zero attached hydrogens (tertiary/aromatic N) is 1. The van der Waals surface area contributed by atoms with Gasteiger partial charge in [-0.3, -0.25) is 0 Å². The van der Waals surface area contributed by atoms with Crippen LogP contribution in [-0.2, 0) is 0 Å². The lowest BCUT2D eigenvalue weighted by Crippen LogP contribution is -2.21. The molecule has 0 amide bonds. The van der Waals surface area contributed by atoms with Crippen molar-refractivity contribution in [3.8, 4) is 0 Å². The van der Waals surface area contributed by atoms with E-state index in [1.165, 1.54) is 0 Å². The first-order valence-corrected chi connectivity index (χ1v) is 4.49. The smallest absolute Gasteiger partial charge is 0.0293 e. The molecular formula is C11H19N. The summed E-state index contributed by atoms with van der Waals surface area (Å²) in [7, 11) is 0. The Morgan fingerprint density at radius 3 is 2.50 bits per heavy atom. The zero-order valence-electron chi connectivity index (χ0n) is 8.21. The van der Waals surface area contributed by atoms with Crippen molar-refractivity contribution in [1.82, 2.24) is 4.90 Å². The molecule has 12 heavy (non-hydrogen) atoms. The van der Waals surface area contributed by atoms with Gasteiger partial charge in [-0.25, -0.2) is 0 Å². The molecule has 0 aromatic rings. The maximum absolute atomic E-state index is 3.97. The Bertz CT molecular complexity index is 168. The third-order valence-electron chi connectivity index (χ3n) is 1.71. The molecule has 0 saturated heterocycles. The molecule has 0 aromatic heterocycles. The van der Waals surface area contributed by atoms with Gasteiger partial charge < -0.3 is 4.90 Å². The number of hydrogen-bond acceptors (Lipinski definition) is 1. The minimum atomic E-state index is 1.02. The summed E-state index contributed by atoms with van der Waals surface area (Å²) in [5, 5.41) is 0. The van der Waals surface area contributed by atoms with Crippen LogP contribution in [0.25, 0.3) is 0 Å². The lowest BCUT2D eigenvalue weighted by atomic mass is 10.3. The van der Waals surface area contributed by atoms with Gasteiger partial charge in [0.1, 0.15) is 0 Å². The average Bonchev–Trinajstić information content (AvgIpc) is 2.10. The Hall–Kier alpha value is -0.980. The van der Waals surface area contributed by atoms with Crippen LogP contribution < -0.4 is 0 Å². The largest absolute Gasteiger partial charge is 0.372 e. The number of allylic oxidation sites excluding steroid dienone is 3. The molecule has 1 heteroatoms. The van der Waals surface area contributed by atoms with E-state index in [1.54, 1.807) is 6.08 Å². The van der Waals surface area contributed by atoms with Crippen LogP contribution in [0.5, 0.6) is 0 Å². The minimum absolute atomic E-state index is 1.02. The molecule has 0 saturated carbocycles. The highest BCUT2D eigenvalue weighted by Gasteiger charge is 1.98. The molecule has 0 aromatic carbocycles. The summed E-state index contributed by atoms with van der Waals surface area (Å²) in [6, 6.07) is 0. The van der Waals surface area contributed by atoms with Crippen LogP contribution in [0.4, 0.5) is 0 Å². The van der Waals surface area contributed by atoms with Gasteiger partial charge in [0.15, 0.2) is 0 Å². The van der Waals surface area contributed by atoms with Gasteiger partial charge in [0.25, 0.3) is 0 Å². The first-order valence-electron chi connectivity index (χ1n) is 4.49. The molecule has 0 bridgehead atoms. The second kappa shape index (κ2) is 6.71. The van der Waals surface area contributed by atoms with Gasteiger partial charge in [0, 0.05) is 18.8 Å². The summed E-state index contributed by atoms with van der Waals surface area (Å²) in [4.78, 5) is 2.25. The van der Waals surface area contributed by atoms with Crippen molar-refractivity contribution in [2.75, 3.05) is 13.1 Å². The highest BCUT2D eigenvalue weighted by molar-refractivity contribution is 5.17. The first-order chi connectivity index (χ1) is 5.76. The van der Waals surface area contributed by atoms with Crippen molar-refractivity contribution in [3.05, 3.63) is 37.1 Å². The van der Waals surface area contributed by atoms with Crippen molar-refractivity contribution in [2.24, 2.45) is 0 Å². The molecule has 0 aliphatic rings. The number of likely N-dealkylation sites (N-methyl/N-ethyl adjacent to an activating group) is 1. The Morgan fingerprint density at radius 1 is 1.42 bits per heavy atom. The average molecular weight is 165 g/mol. The SMILES string of the molecule is C=C/C=C\C(=C)N(CC)CCC. The highest BCUT2D eigenvalue weighted by Crippen LogP contribution is 2.03. The molecule has 0 rings (SSSR count). The fraction of sp³-hybridized carbons (Fsp3) is 0.455. The number of hydrogen-bond donors (Lipinski definition) is 0. The lowest BCUT2D eigenvalue weighted by molar-refractivity contribution is 0.375. The molecule has 0 heterocycles. The molecule has 0 spiro atoms. The maximum atomic E-state index is 3.97.